The van der Waals surface area contributed by atoms with Crippen molar-refractivity contribution < 1.29 is 14.7 Å². The van der Waals surface area contributed by atoms with E-state index in [2.05, 4.69) is 20.2 Å². The highest BCUT2D eigenvalue weighted by Gasteiger charge is 2.47. The van der Waals surface area contributed by atoms with Crippen molar-refractivity contribution in [3.05, 3.63) is 36.2 Å². The van der Waals surface area contributed by atoms with Crippen molar-refractivity contribution in [2.45, 2.75) is 39.3 Å². The van der Waals surface area contributed by atoms with E-state index in [-0.39, 0.29) is 22.5 Å². The summed E-state index contributed by atoms with van der Waals surface area (Å²) < 4.78 is 0.150. The largest absolute Gasteiger partial charge is 0.465 e. The van der Waals surface area contributed by atoms with Crippen LogP contribution < -0.4 is 14.7 Å². The van der Waals surface area contributed by atoms with Crippen LogP contribution >= 0.6 is 0 Å². The summed E-state index contributed by atoms with van der Waals surface area (Å²) in [6.45, 7) is 9.49. The minimum atomic E-state index is -0.954. The van der Waals surface area contributed by atoms with Gasteiger partial charge in [0.05, 0.1) is 44.1 Å². The molecule has 2 aromatic rings. The molecular formula is C24H33N6O3+. The Kier molecular flexibility index (Phi) is 6.36. The number of fused-ring (bicyclic) bond motifs is 1. The molecule has 2 amide bonds. The number of carboxylic acid groups (broad SMARTS) is 1. The number of quaternary nitrogens is 1. The number of piperazine rings is 1. The molecule has 2 N–H and O–H groups in total. The Balaban J connectivity index is 1.76. The van der Waals surface area contributed by atoms with E-state index in [9.17, 15) is 14.7 Å². The van der Waals surface area contributed by atoms with Crippen molar-refractivity contribution in [1.82, 2.24) is 24.7 Å². The fourth-order valence-corrected chi connectivity index (χ4v) is 5.09. The molecule has 33 heavy (non-hydrogen) atoms. The van der Waals surface area contributed by atoms with Crippen molar-refractivity contribution in [3.63, 3.8) is 0 Å². The van der Waals surface area contributed by atoms with Gasteiger partial charge in [-0.25, -0.2) is 19.1 Å². The van der Waals surface area contributed by atoms with Crippen LogP contribution in [0.15, 0.2) is 30.6 Å². The van der Waals surface area contributed by atoms with Crippen molar-refractivity contribution in [3.8, 4) is 11.3 Å². The van der Waals surface area contributed by atoms with Gasteiger partial charge < -0.3 is 20.2 Å². The van der Waals surface area contributed by atoms with Gasteiger partial charge in [0.15, 0.2) is 0 Å². The zero-order valence-electron chi connectivity index (χ0n) is 19.8. The molecule has 2 aliphatic heterocycles. The van der Waals surface area contributed by atoms with Gasteiger partial charge in [-0.05, 0) is 26.0 Å². The monoisotopic (exact) mass is 453 g/mol. The van der Waals surface area contributed by atoms with Gasteiger partial charge in [-0.2, -0.15) is 0 Å². The lowest BCUT2D eigenvalue weighted by Crippen LogP contribution is -2.60. The summed E-state index contributed by atoms with van der Waals surface area (Å²) in [6.07, 6.45) is 3.18. The summed E-state index contributed by atoms with van der Waals surface area (Å²) in [4.78, 5) is 37.7. The number of nitrogens with zero attached hydrogens (tertiary/aromatic N) is 5. The molecule has 0 bridgehead atoms. The number of benzene rings is 1. The number of aromatic nitrogens is 2. The lowest BCUT2D eigenvalue weighted by atomic mass is 9.87. The van der Waals surface area contributed by atoms with Crippen LogP contribution in [0.2, 0.25) is 0 Å². The van der Waals surface area contributed by atoms with Gasteiger partial charge in [0.25, 0.3) is 0 Å². The first kappa shape index (κ1) is 23.1. The molecule has 2 aliphatic rings. The van der Waals surface area contributed by atoms with Gasteiger partial charge in [-0.15, -0.1) is 0 Å². The van der Waals surface area contributed by atoms with Crippen LogP contribution in [0.4, 0.5) is 16.3 Å². The van der Waals surface area contributed by atoms with Gasteiger partial charge in [-0.1, -0.05) is 0 Å². The molecule has 0 spiro atoms. The highest BCUT2D eigenvalue weighted by atomic mass is 16.4. The molecule has 0 radical (unpaired) electrons. The standard InChI is InChI=1S/C24H32N6O3/c1-5-29(24(32)33)21-12-16(2)30(4,17(3)31)22-7-6-18(13-19(21)22)20-14-27-23(15-26-20)28-10-8-25-9-11-28/h6-7,13-16,21,25H,5,8-12H2,1-4H3/p+1/t16-,21?,30+/m0/s1. The normalized spacial score (nSPS) is 24.8. The van der Waals surface area contributed by atoms with E-state index in [0.29, 0.717) is 13.0 Å². The van der Waals surface area contributed by atoms with Gasteiger partial charge in [-0.3, -0.25) is 4.98 Å². The molecule has 3 atom stereocenters. The Morgan fingerprint density at radius 2 is 1.97 bits per heavy atom. The summed E-state index contributed by atoms with van der Waals surface area (Å²) >= 11 is 0. The van der Waals surface area contributed by atoms with Crippen LogP contribution in [-0.2, 0) is 4.79 Å². The van der Waals surface area contributed by atoms with E-state index in [4.69, 9.17) is 0 Å². The lowest BCUT2D eigenvalue weighted by molar-refractivity contribution is -0.129. The van der Waals surface area contributed by atoms with E-state index in [0.717, 1.165) is 54.5 Å². The molecule has 0 aliphatic carbocycles. The number of anilines is 1. The van der Waals surface area contributed by atoms with Gasteiger partial charge >= 0.3 is 12.0 Å². The maximum atomic E-state index is 12.7. The zero-order chi connectivity index (χ0) is 23.8. The molecule has 1 fully saturated rings. The molecule has 4 rings (SSSR count). The summed E-state index contributed by atoms with van der Waals surface area (Å²) in [5, 5.41) is 13.2. The maximum Gasteiger partial charge on any atom is 0.407 e. The van der Waals surface area contributed by atoms with Crippen LogP contribution in [0.1, 0.15) is 38.8 Å². The third kappa shape index (κ3) is 4.06. The first-order chi connectivity index (χ1) is 15.8. The van der Waals surface area contributed by atoms with Crippen LogP contribution in [0.3, 0.4) is 0 Å². The third-order valence-electron chi connectivity index (χ3n) is 7.32. The predicted molar refractivity (Wildman–Crippen MR) is 128 cm³/mol. The second kappa shape index (κ2) is 9.07. The van der Waals surface area contributed by atoms with E-state index < -0.39 is 6.09 Å². The van der Waals surface area contributed by atoms with Gasteiger partial charge in [0.1, 0.15) is 11.5 Å². The van der Waals surface area contributed by atoms with Crippen LogP contribution in [0.25, 0.3) is 11.3 Å². The molecule has 9 nitrogen and oxygen atoms in total. The third-order valence-corrected chi connectivity index (χ3v) is 7.32. The summed E-state index contributed by atoms with van der Waals surface area (Å²) in [6, 6.07) is 5.54. The molecule has 3 heterocycles. The average Bonchev–Trinajstić information content (AvgIpc) is 2.82. The van der Waals surface area contributed by atoms with Crippen LogP contribution in [0.5, 0.6) is 0 Å². The molecule has 1 saturated heterocycles. The second-order valence-corrected chi connectivity index (χ2v) is 9.03. The molecule has 1 aromatic carbocycles. The fourth-order valence-electron chi connectivity index (χ4n) is 5.09. The first-order valence-corrected chi connectivity index (χ1v) is 11.6. The molecule has 0 saturated carbocycles. The number of rotatable bonds is 4. The Morgan fingerprint density at radius 1 is 1.24 bits per heavy atom. The molecule has 1 unspecified atom stereocenters. The topological polar surface area (TPSA) is 98.7 Å². The number of carbonyl (C=O) groups excluding carboxylic acids is 1. The summed E-state index contributed by atoms with van der Waals surface area (Å²) in [7, 11) is 1.92. The van der Waals surface area contributed by atoms with Crippen LogP contribution in [0, 0.1) is 0 Å². The molecular weight excluding hydrogens is 420 g/mol. The highest BCUT2D eigenvalue weighted by Crippen LogP contribution is 2.45. The number of amides is 2. The SMILES string of the molecule is CCN(C(=O)O)C1C[C@H](C)[N@+](C)(C(C)=O)c2ccc(-c3cnc(N4CCNCC4)cn3)cc21. The highest BCUT2D eigenvalue weighted by molar-refractivity contribution is 5.89. The summed E-state index contributed by atoms with van der Waals surface area (Å²) in [5.74, 6) is 0.891. The van der Waals surface area contributed by atoms with Crippen LogP contribution in [-0.4, -0.2) is 77.8 Å². The first-order valence-electron chi connectivity index (χ1n) is 11.6. The molecule has 9 heteroatoms. The number of hydrogen-bond acceptors (Lipinski definition) is 6. The van der Waals surface area contributed by atoms with E-state index in [1.54, 1.807) is 19.3 Å². The number of nitrogens with one attached hydrogen (secondary N) is 1. The second-order valence-electron chi connectivity index (χ2n) is 9.03. The smallest absolute Gasteiger partial charge is 0.407 e. The minimum Gasteiger partial charge on any atom is -0.465 e. The van der Waals surface area contributed by atoms with Gasteiger partial charge in [0, 0.05) is 56.3 Å². The van der Waals surface area contributed by atoms with Crippen molar-refractivity contribution in [2.24, 2.45) is 0 Å². The Morgan fingerprint density at radius 3 is 2.55 bits per heavy atom. The maximum absolute atomic E-state index is 12.7. The van der Waals surface area contributed by atoms with Crippen molar-refractivity contribution in [2.75, 3.05) is 44.7 Å². The quantitative estimate of drug-likeness (QED) is 0.687. The van der Waals surface area contributed by atoms with E-state index in [1.807, 2.05) is 39.1 Å². The van der Waals surface area contributed by atoms with Crippen molar-refractivity contribution >= 4 is 23.5 Å². The Hall–Kier alpha value is -3.04. The number of hydrogen-bond donors (Lipinski definition) is 2. The fraction of sp³-hybridized carbons (Fsp3) is 0.500. The Bertz CT molecular complexity index is 1040. The molecule has 1 aromatic heterocycles. The number of carbonyl (C=O) groups is 2. The minimum absolute atomic E-state index is 0.0356. The summed E-state index contributed by atoms with van der Waals surface area (Å²) in [5.41, 5.74) is 3.30. The Labute approximate surface area is 194 Å². The lowest BCUT2D eigenvalue weighted by Gasteiger charge is -2.45. The van der Waals surface area contributed by atoms with Crippen molar-refractivity contribution in [1.29, 1.82) is 0 Å². The predicted octanol–water partition coefficient (Wildman–Crippen LogP) is 2.87. The van der Waals surface area contributed by atoms with E-state index in [1.165, 1.54) is 4.90 Å². The van der Waals surface area contributed by atoms with E-state index >= 15 is 0 Å². The zero-order valence-corrected chi connectivity index (χ0v) is 19.8. The molecule has 176 valence electrons. The average molecular weight is 454 g/mol. The van der Waals surface area contributed by atoms with Gasteiger partial charge in [0.2, 0.25) is 0 Å².